The van der Waals surface area contributed by atoms with E-state index in [2.05, 4.69) is 10.3 Å². The smallest absolute Gasteiger partial charge is 0.324 e. The van der Waals surface area contributed by atoms with Gasteiger partial charge >= 0.3 is 12.3 Å². The zero-order valence-corrected chi connectivity index (χ0v) is 10.4. The van der Waals surface area contributed by atoms with Crippen LogP contribution < -0.4 is 5.32 Å². The Balaban J connectivity index is 2.38. The molecule has 0 aliphatic heterocycles. The molecule has 5 nitrogen and oxygen atoms in total. The number of aromatic nitrogens is 1. The second kappa shape index (κ2) is 5.51. The molecule has 9 heteroatoms. The number of alkyl halides is 4. The van der Waals surface area contributed by atoms with Gasteiger partial charge in [-0.05, 0) is 12.1 Å². The summed E-state index contributed by atoms with van der Waals surface area (Å²) in [6.07, 6.45) is -1.26. The second-order valence-electron chi connectivity index (χ2n) is 4.23. The van der Waals surface area contributed by atoms with Gasteiger partial charge in [0, 0.05) is 29.5 Å². The Labute approximate surface area is 115 Å². The van der Waals surface area contributed by atoms with E-state index in [1.54, 1.807) is 0 Å². The molecule has 0 atom stereocenters. The molecule has 0 amide bonds. The molecule has 0 radical (unpaired) electrons. The van der Waals surface area contributed by atoms with E-state index in [4.69, 9.17) is 0 Å². The van der Waals surface area contributed by atoms with E-state index >= 15 is 0 Å². The lowest BCUT2D eigenvalue weighted by Crippen LogP contribution is -2.34. The SMILES string of the molecule is O=[N+]([O-])c1ccc(NCC(F)(F)C(F)F)c2ccncc12. The lowest BCUT2D eigenvalue weighted by Gasteiger charge is -2.17. The highest BCUT2D eigenvalue weighted by atomic mass is 19.3. The molecule has 0 saturated carbocycles. The van der Waals surface area contributed by atoms with Crippen molar-refractivity contribution in [3.05, 3.63) is 40.7 Å². The molecule has 0 aliphatic carbocycles. The van der Waals surface area contributed by atoms with Crippen molar-refractivity contribution in [1.29, 1.82) is 0 Å². The molecule has 112 valence electrons. The number of hydrogen-bond donors (Lipinski definition) is 1. The Morgan fingerprint density at radius 1 is 1.29 bits per heavy atom. The van der Waals surface area contributed by atoms with Crippen molar-refractivity contribution < 1.29 is 22.5 Å². The fourth-order valence-corrected chi connectivity index (χ4v) is 1.78. The van der Waals surface area contributed by atoms with Crippen LogP contribution in [0.2, 0.25) is 0 Å². The first-order valence-electron chi connectivity index (χ1n) is 5.74. The number of non-ortho nitro benzene ring substituents is 1. The number of nitrogens with zero attached hydrogens (tertiary/aromatic N) is 2. The molecule has 1 N–H and O–H groups in total. The van der Waals surface area contributed by atoms with Crippen molar-refractivity contribution >= 4 is 22.1 Å². The van der Waals surface area contributed by atoms with Gasteiger partial charge in [0.15, 0.2) is 0 Å². The lowest BCUT2D eigenvalue weighted by molar-refractivity contribution is -0.383. The first-order chi connectivity index (χ1) is 9.83. The number of nitro benzene ring substituents is 1. The van der Waals surface area contributed by atoms with Gasteiger partial charge in [0.25, 0.3) is 5.69 Å². The molecule has 0 aliphatic rings. The van der Waals surface area contributed by atoms with E-state index in [0.29, 0.717) is 0 Å². The Kier molecular flexibility index (Phi) is 3.92. The average Bonchev–Trinajstić information content (AvgIpc) is 2.44. The van der Waals surface area contributed by atoms with Gasteiger partial charge in [-0.15, -0.1) is 0 Å². The number of pyridine rings is 1. The first kappa shape index (κ1) is 14.9. The number of nitrogens with one attached hydrogen (secondary N) is 1. The maximum absolute atomic E-state index is 12.9. The van der Waals surface area contributed by atoms with Gasteiger partial charge in [-0.25, -0.2) is 8.78 Å². The highest BCUT2D eigenvalue weighted by Gasteiger charge is 2.40. The van der Waals surface area contributed by atoms with Crippen molar-refractivity contribution in [2.75, 3.05) is 11.9 Å². The van der Waals surface area contributed by atoms with Crippen LogP contribution in [-0.2, 0) is 0 Å². The summed E-state index contributed by atoms with van der Waals surface area (Å²) in [5.74, 6) is -4.19. The van der Waals surface area contributed by atoms with Gasteiger partial charge in [0.05, 0.1) is 16.9 Å². The van der Waals surface area contributed by atoms with Crippen molar-refractivity contribution in [2.45, 2.75) is 12.3 Å². The maximum atomic E-state index is 12.9. The second-order valence-corrected chi connectivity index (χ2v) is 4.23. The van der Waals surface area contributed by atoms with E-state index in [9.17, 15) is 27.7 Å². The van der Waals surface area contributed by atoms with Crippen molar-refractivity contribution in [1.82, 2.24) is 4.98 Å². The first-order valence-corrected chi connectivity index (χ1v) is 5.74. The molecule has 0 saturated heterocycles. The molecule has 1 aromatic carbocycles. The van der Waals surface area contributed by atoms with E-state index in [1.165, 1.54) is 24.5 Å². The van der Waals surface area contributed by atoms with Crippen LogP contribution in [0.1, 0.15) is 0 Å². The zero-order valence-electron chi connectivity index (χ0n) is 10.4. The highest BCUT2D eigenvalue weighted by Crippen LogP contribution is 2.32. The van der Waals surface area contributed by atoms with Gasteiger partial charge in [-0.3, -0.25) is 15.1 Å². The fourth-order valence-electron chi connectivity index (χ4n) is 1.78. The Morgan fingerprint density at radius 3 is 2.62 bits per heavy atom. The van der Waals surface area contributed by atoms with Crippen LogP contribution in [0.5, 0.6) is 0 Å². The summed E-state index contributed by atoms with van der Waals surface area (Å²) in [6.45, 7) is -1.28. The van der Waals surface area contributed by atoms with Crippen LogP contribution >= 0.6 is 0 Å². The predicted molar refractivity (Wildman–Crippen MR) is 67.8 cm³/mol. The number of anilines is 1. The molecular formula is C12H9F4N3O2. The van der Waals surface area contributed by atoms with Crippen LogP contribution in [-0.4, -0.2) is 28.8 Å². The summed E-state index contributed by atoms with van der Waals surface area (Å²) in [4.78, 5) is 14.0. The molecule has 2 rings (SSSR count). The van der Waals surface area contributed by atoms with Gasteiger partial charge in [-0.1, -0.05) is 0 Å². The monoisotopic (exact) mass is 303 g/mol. The van der Waals surface area contributed by atoms with E-state index in [-0.39, 0.29) is 22.1 Å². The summed E-state index contributed by atoms with van der Waals surface area (Å²) in [7, 11) is 0. The van der Waals surface area contributed by atoms with E-state index in [1.807, 2.05) is 0 Å². The highest BCUT2D eigenvalue weighted by molar-refractivity contribution is 5.99. The van der Waals surface area contributed by atoms with E-state index < -0.39 is 23.8 Å². The third-order valence-corrected chi connectivity index (χ3v) is 2.83. The molecule has 2 aromatic rings. The van der Waals surface area contributed by atoms with Crippen molar-refractivity contribution in [3.63, 3.8) is 0 Å². The van der Waals surface area contributed by atoms with Gasteiger partial charge < -0.3 is 5.32 Å². The molecule has 0 spiro atoms. The minimum absolute atomic E-state index is 0.0957. The summed E-state index contributed by atoms with van der Waals surface area (Å²) in [5, 5.41) is 13.5. The predicted octanol–water partition coefficient (Wildman–Crippen LogP) is 3.46. The zero-order chi connectivity index (χ0) is 15.6. The fraction of sp³-hybridized carbons (Fsp3) is 0.250. The van der Waals surface area contributed by atoms with Crippen LogP contribution in [0, 0.1) is 10.1 Å². The standard InChI is InChI=1S/C12H9F4N3O2/c13-11(14)12(15,16)6-18-9-1-2-10(19(20)21)8-5-17-4-3-7(8)9/h1-5,11,18H,6H2. The number of rotatable bonds is 5. The molecule has 0 fully saturated rings. The quantitative estimate of drug-likeness (QED) is 0.522. The third-order valence-electron chi connectivity index (χ3n) is 2.83. The lowest BCUT2D eigenvalue weighted by atomic mass is 10.1. The minimum Gasteiger partial charge on any atom is -0.378 e. The summed E-state index contributed by atoms with van der Waals surface area (Å²) in [5.41, 5.74) is -0.150. The minimum atomic E-state index is -4.19. The summed E-state index contributed by atoms with van der Waals surface area (Å²) < 4.78 is 50.0. The topological polar surface area (TPSA) is 68.1 Å². The maximum Gasteiger partial charge on any atom is 0.324 e. The van der Waals surface area contributed by atoms with Gasteiger partial charge in [0.1, 0.15) is 0 Å². The molecule has 21 heavy (non-hydrogen) atoms. The number of halogens is 4. The largest absolute Gasteiger partial charge is 0.378 e. The van der Waals surface area contributed by atoms with Crippen LogP contribution in [0.3, 0.4) is 0 Å². The number of nitro groups is 1. The number of hydrogen-bond acceptors (Lipinski definition) is 4. The van der Waals surface area contributed by atoms with Crippen molar-refractivity contribution in [2.24, 2.45) is 0 Å². The van der Waals surface area contributed by atoms with Crippen molar-refractivity contribution in [3.8, 4) is 0 Å². The van der Waals surface area contributed by atoms with E-state index in [0.717, 1.165) is 6.07 Å². The number of fused-ring (bicyclic) bond motifs is 1. The summed E-state index contributed by atoms with van der Waals surface area (Å²) >= 11 is 0. The molecule has 0 unspecified atom stereocenters. The normalized spacial score (nSPS) is 11.9. The molecular weight excluding hydrogens is 294 g/mol. The molecule has 0 bridgehead atoms. The van der Waals surface area contributed by atoms with Crippen LogP contribution in [0.25, 0.3) is 10.8 Å². The summed E-state index contributed by atoms with van der Waals surface area (Å²) in [6, 6.07) is 3.68. The van der Waals surface area contributed by atoms with Gasteiger partial charge in [-0.2, -0.15) is 8.78 Å². The van der Waals surface area contributed by atoms with Crippen LogP contribution in [0.15, 0.2) is 30.6 Å². The van der Waals surface area contributed by atoms with Crippen LogP contribution in [0.4, 0.5) is 28.9 Å². The third kappa shape index (κ3) is 3.01. The Hall–Kier alpha value is -2.45. The molecule has 1 aromatic heterocycles. The number of benzene rings is 1. The van der Waals surface area contributed by atoms with Gasteiger partial charge in [0.2, 0.25) is 0 Å². The average molecular weight is 303 g/mol. The Morgan fingerprint density at radius 2 is 2.00 bits per heavy atom. The Bertz CT molecular complexity index is 679. The molecule has 1 heterocycles.